The SMILES string of the molecule is CC(C)NC(=O)C[C@H]1CC2(CCN(C(=O)N(C)C)CC2)Oc2ccccc21. The molecule has 1 spiro atoms. The number of fused-ring (bicyclic) bond motifs is 1. The van der Waals surface area contributed by atoms with Gasteiger partial charge in [0.25, 0.3) is 0 Å². The highest BCUT2D eigenvalue weighted by molar-refractivity contribution is 5.77. The van der Waals surface area contributed by atoms with Gasteiger partial charge in [-0.3, -0.25) is 4.79 Å². The highest BCUT2D eigenvalue weighted by Gasteiger charge is 2.44. The van der Waals surface area contributed by atoms with Crippen LogP contribution in [0.2, 0.25) is 0 Å². The normalized spacial score (nSPS) is 20.8. The molecule has 6 nitrogen and oxygen atoms in total. The van der Waals surface area contributed by atoms with Gasteiger partial charge in [-0.1, -0.05) is 18.2 Å². The van der Waals surface area contributed by atoms with Crippen LogP contribution in [0.1, 0.15) is 51.0 Å². The molecule has 1 aromatic rings. The van der Waals surface area contributed by atoms with E-state index >= 15 is 0 Å². The summed E-state index contributed by atoms with van der Waals surface area (Å²) in [6, 6.07) is 8.25. The Morgan fingerprint density at radius 3 is 2.56 bits per heavy atom. The summed E-state index contributed by atoms with van der Waals surface area (Å²) in [6.07, 6.45) is 2.88. The van der Waals surface area contributed by atoms with Crippen LogP contribution in [0.4, 0.5) is 4.79 Å². The number of benzene rings is 1. The fraction of sp³-hybridized carbons (Fsp3) is 0.619. The van der Waals surface area contributed by atoms with Gasteiger partial charge < -0.3 is 19.9 Å². The largest absolute Gasteiger partial charge is 0.487 e. The minimum Gasteiger partial charge on any atom is -0.487 e. The molecule has 3 rings (SSSR count). The standard InChI is InChI=1S/C21H31N3O3/c1-15(2)22-19(25)13-16-14-21(27-18-8-6-5-7-17(16)18)9-11-24(12-10-21)20(26)23(3)4/h5-8,15-16H,9-14H2,1-4H3,(H,22,25)/t16-/m0/s1. The summed E-state index contributed by atoms with van der Waals surface area (Å²) in [4.78, 5) is 28.2. The van der Waals surface area contributed by atoms with Crippen LogP contribution in [-0.2, 0) is 4.79 Å². The summed E-state index contributed by atoms with van der Waals surface area (Å²) in [5, 5.41) is 3.01. The van der Waals surface area contributed by atoms with Crippen LogP contribution < -0.4 is 10.1 Å². The molecular formula is C21H31N3O3. The summed E-state index contributed by atoms with van der Waals surface area (Å²) in [6.45, 7) is 5.33. The molecule has 1 atom stereocenters. The van der Waals surface area contributed by atoms with Crippen LogP contribution in [0.15, 0.2) is 24.3 Å². The number of hydrogen-bond acceptors (Lipinski definition) is 3. The minimum absolute atomic E-state index is 0.0499. The summed E-state index contributed by atoms with van der Waals surface area (Å²) < 4.78 is 6.46. The average Bonchev–Trinajstić information content (AvgIpc) is 2.61. The van der Waals surface area contributed by atoms with Crippen molar-refractivity contribution in [2.75, 3.05) is 27.2 Å². The maximum absolute atomic E-state index is 12.4. The highest BCUT2D eigenvalue weighted by atomic mass is 16.5. The van der Waals surface area contributed by atoms with Gasteiger partial charge in [-0.15, -0.1) is 0 Å². The van der Waals surface area contributed by atoms with Gasteiger partial charge >= 0.3 is 6.03 Å². The summed E-state index contributed by atoms with van der Waals surface area (Å²) >= 11 is 0. The zero-order chi connectivity index (χ0) is 19.6. The van der Waals surface area contributed by atoms with E-state index in [2.05, 4.69) is 11.4 Å². The van der Waals surface area contributed by atoms with Crippen molar-refractivity contribution >= 4 is 11.9 Å². The zero-order valence-electron chi connectivity index (χ0n) is 16.8. The Morgan fingerprint density at radius 1 is 1.26 bits per heavy atom. The van der Waals surface area contributed by atoms with Crippen molar-refractivity contribution in [3.8, 4) is 5.75 Å². The van der Waals surface area contributed by atoms with Gasteiger partial charge in [-0.25, -0.2) is 4.79 Å². The van der Waals surface area contributed by atoms with E-state index in [1.807, 2.05) is 36.9 Å². The van der Waals surface area contributed by atoms with Gasteiger partial charge in [0.2, 0.25) is 5.91 Å². The number of piperidine rings is 1. The van der Waals surface area contributed by atoms with Crippen molar-refractivity contribution in [3.63, 3.8) is 0 Å². The molecule has 0 bridgehead atoms. The van der Waals surface area contributed by atoms with Gasteiger partial charge in [0.05, 0.1) is 0 Å². The smallest absolute Gasteiger partial charge is 0.319 e. The summed E-state index contributed by atoms with van der Waals surface area (Å²) in [5.74, 6) is 1.12. The molecule has 1 N–H and O–H groups in total. The van der Waals surface area contributed by atoms with Crippen molar-refractivity contribution in [3.05, 3.63) is 29.8 Å². The number of para-hydroxylation sites is 1. The second-order valence-electron chi connectivity index (χ2n) is 8.31. The van der Waals surface area contributed by atoms with Gasteiger partial charge in [0, 0.05) is 58.4 Å². The van der Waals surface area contributed by atoms with Gasteiger partial charge in [0.15, 0.2) is 0 Å². The van der Waals surface area contributed by atoms with E-state index in [-0.39, 0.29) is 29.5 Å². The highest BCUT2D eigenvalue weighted by Crippen LogP contribution is 2.46. The predicted molar refractivity (Wildman–Crippen MR) is 105 cm³/mol. The molecule has 0 aromatic heterocycles. The van der Waals surface area contributed by atoms with Crippen molar-refractivity contribution in [2.45, 2.75) is 57.1 Å². The number of carbonyl (C=O) groups excluding carboxylic acids is 2. The Kier molecular flexibility index (Phi) is 5.63. The maximum atomic E-state index is 12.4. The number of ether oxygens (including phenoxy) is 1. The molecule has 2 aliphatic rings. The monoisotopic (exact) mass is 373 g/mol. The van der Waals surface area contributed by atoms with Gasteiger partial charge in [-0.05, 0) is 31.9 Å². The van der Waals surface area contributed by atoms with Crippen molar-refractivity contribution in [1.29, 1.82) is 0 Å². The molecular weight excluding hydrogens is 342 g/mol. The first-order valence-electron chi connectivity index (χ1n) is 9.83. The quantitative estimate of drug-likeness (QED) is 0.886. The molecule has 27 heavy (non-hydrogen) atoms. The average molecular weight is 373 g/mol. The van der Waals surface area contributed by atoms with Crippen molar-refractivity contribution in [2.24, 2.45) is 0 Å². The molecule has 6 heteroatoms. The number of likely N-dealkylation sites (tertiary alicyclic amines) is 1. The topological polar surface area (TPSA) is 61.9 Å². The van der Waals surface area contributed by atoms with E-state index < -0.39 is 0 Å². The molecule has 0 radical (unpaired) electrons. The maximum Gasteiger partial charge on any atom is 0.319 e. The molecule has 1 aromatic carbocycles. The Hall–Kier alpha value is -2.24. The number of nitrogens with zero attached hydrogens (tertiary/aromatic N) is 2. The first-order chi connectivity index (χ1) is 12.8. The predicted octanol–water partition coefficient (Wildman–Crippen LogP) is 2.98. The Bertz CT molecular complexity index is 694. The number of rotatable bonds is 3. The zero-order valence-corrected chi connectivity index (χ0v) is 16.8. The van der Waals surface area contributed by atoms with E-state index in [9.17, 15) is 9.59 Å². The summed E-state index contributed by atoms with van der Waals surface area (Å²) in [7, 11) is 3.56. The lowest BCUT2D eigenvalue weighted by atomic mass is 9.76. The fourth-order valence-corrected chi connectivity index (χ4v) is 4.23. The van der Waals surface area contributed by atoms with E-state index in [0.29, 0.717) is 19.5 Å². The van der Waals surface area contributed by atoms with Crippen molar-refractivity contribution in [1.82, 2.24) is 15.1 Å². The molecule has 148 valence electrons. The number of nitrogens with one attached hydrogen (secondary N) is 1. The first-order valence-corrected chi connectivity index (χ1v) is 9.83. The molecule has 2 heterocycles. The van der Waals surface area contributed by atoms with E-state index in [4.69, 9.17) is 4.74 Å². The van der Waals surface area contributed by atoms with Gasteiger partial charge in [-0.2, -0.15) is 0 Å². The molecule has 0 unspecified atom stereocenters. The van der Waals surface area contributed by atoms with Crippen LogP contribution in [-0.4, -0.2) is 60.6 Å². The molecule has 2 aliphatic heterocycles. The van der Waals surface area contributed by atoms with Crippen LogP contribution >= 0.6 is 0 Å². The number of hydrogen-bond donors (Lipinski definition) is 1. The summed E-state index contributed by atoms with van der Waals surface area (Å²) in [5.41, 5.74) is 0.828. The number of amides is 3. The number of urea groups is 1. The molecule has 0 saturated carbocycles. The van der Waals surface area contributed by atoms with Crippen LogP contribution in [0.5, 0.6) is 5.75 Å². The lowest BCUT2D eigenvalue weighted by Crippen LogP contribution is -2.53. The second kappa shape index (κ2) is 7.79. The second-order valence-corrected chi connectivity index (χ2v) is 8.31. The Balaban J connectivity index is 1.76. The van der Waals surface area contributed by atoms with Crippen molar-refractivity contribution < 1.29 is 14.3 Å². The minimum atomic E-state index is -0.291. The third-order valence-electron chi connectivity index (χ3n) is 5.51. The van der Waals surface area contributed by atoms with Crippen LogP contribution in [0.25, 0.3) is 0 Å². The first kappa shape index (κ1) is 19.5. The van der Waals surface area contributed by atoms with E-state index in [0.717, 1.165) is 30.6 Å². The lowest BCUT2D eigenvalue weighted by molar-refractivity contribution is -0.122. The fourth-order valence-electron chi connectivity index (χ4n) is 4.23. The third-order valence-corrected chi connectivity index (χ3v) is 5.51. The van der Waals surface area contributed by atoms with Crippen LogP contribution in [0, 0.1) is 0 Å². The third kappa shape index (κ3) is 4.37. The molecule has 1 saturated heterocycles. The van der Waals surface area contributed by atoms with Gasteiger partial charge in [0.1, 0.15) is 11.4 Å². The lowest BCUT2D eigenvalue weighted by Gasteiger charge is -2.47. The molecule has 0 aliphatic carbocycles. The van der Waals surface area contributed by atoms with E-state index in [1.54, 1.807) is 19.0 Å². The van der Waals surface area contributed by atoms with E-state index in [1.165, 1.54) is 0 Å². The molecule has 3 amide bonds. The van der Waals surface area contributed by atoms with Crippen LogP contribution in [0.3, 0.4) is 0 Å². The molecule has 1 fully saturated rings. The number of carbonyl (C=O) groups is 2. The Morgan fingerprint density at radius 2 is 1.93 bits per heavy atom. The Labute approximate surface area is 161 Å².